The molecule has 1 aliphatic heterocycles. The zero-order valence-electron chi connectivity index (χ0n) is 19.0. The van der Waals surface area contributed by atoms with Gasteiger partial charge in [-0.05, 0) is 18.9 Å². The summed E-state index contributed by atoms with van der Waals surface area (Å²) in [4.78, 5) is 41.5. The van der Waals surface area contributed by atoms with Crippen molar-refractivity contribution in [3.63, 3.8) is 0 Å². The first-order valence-electron chi connectivity index (χ1n) is 11.3. The van der Waals surface area contributed by atoms with Gasteiger partial charge in [0.25, 0.3) is 0 Å². The maximum Gasteiger partial charge on any atom is 0.351 e. The molecule has 32 heavy (non-hydrogen) atoms. The summed E-state index contributed by atoms with van der Waals surface area (Å²) in [7, 11) is 0. The second-order valence-corrected chi connectivity index (χ2v) is 9.35. The Balaban J connectivity index is 1.69. The number of aromatic nitrogens is 2. The SMILES string of the molecule is CCCCCCCCc1cc2cn([C@H]3C[C@H](OC(C)=O)[C@@H](COC(C)=O)O3)c(=O)nc2s1. The Morgan fingerprint density at radius 3 is 2.66 bits per heavy atom. The van der Waals surface area contributed by atoms with Gasteiger partial charge in [0, 0.05) is 36.7 Å². The molecule has 3 atom stereocenters. The second kappa shape index (κ2) is 11.6. The number of unbranched alkanes of at least 4 members (excludes halogenated alkanes) is 5. The minimum Gasteiger partial charge on any atom is -0.463 e. The number of aryl methyl sites for hydroxylation is 1. The Morgan fingerprint density at radius 2 is 1.94 bits per heavy atom. The van der Waals surface area contributed by atoms with Crippen LogP contribution >= 0.6 is 11.3 Å². The largest absolute Gasteiger partial charge is 0.463 e. The minimum atomic E-state index is -0.647. The Kier molecular flexibility index (Phi) is 8.81. The Hall–Kier alpha value is -2.26. The lowest BCUT2D eigenvalue weighted by Gasteiger charge is -2.17. The highest BCUT2D eigenvalue weighted by molar-refractivity contribution is 7.18. The van der Waals surface area contributed by atoms with E-state index in [4.69, 9.17) is 14.2 Å². The number of hydrogen-bond donors (Lipinski definition) is 0. The van der Waals surface area contributed by atoms with E-state index in [1.807, 2.05) is 0 Å². The molecular weight excluding hydrogens is 432 g/mol. The van der Waals surface area contributed by atoms with Crippen LogP contribution in [0.3, 0.4) is 0 Å². The summed E-state index contributed by atoms with van der Waals surface area (Å²) in [6.07, 6.45) is 8.58. The van der Waals surface area contributed by atoms with Gasteiger partial charge in [-0.25, -0.2) is 4.79 Å². The Bertz CT molecular complexity index is 985. The van der Waals surface area contributed by atoms with Crippen LogP contribution in [0, 0.1) is 0 Å². The van der Waals surface area contributed by atoms with Crippen molar-refractivity contribution < 1.29 is 23.8 Å². The molecule has 0 N–H and O–H groups in total. The van der Waals surface area contributed by atoms with E-state index < -0.39 is 36.1 Å². The number of fused-ring (bicyclic) bond motifs is 1. The van der Waals surface area contributed by atoms with Gasteiger partial charge in [0.1, 0.15) is 29.9 Å². The molecule has 1 aliphatic rings. The molecule has 0 radical (unpaired) electrons. The van der Waals surface area contributed by atoms with Crippen LogP contribution in [0.4, 0.5) is 0 Å². The topological polar surface area (TPSA) is 96.7 Å². The Labute approximate surface area is 191 Å². The molecule has 0 aliphatic carbocycles. The highest BCUT2D eigenvalue weighted by Gasteiger charge is 2.39. The molecule has 2 aromatic rings. The lowest BCUT2D eigenvalue weighted by atomic mass is 10.1. The summed E-state index contributed by atoms with van der Waals surface area (Å²) < 4.78 is 17.7. The fourth-order valence-corrected chi connectivity index (χ4v) is 4.98. The second-order valence-electron chi connectivity index (χ2n) is 8.24. The minimum absolute atomic E-state index is 0.0466. The van der Waals surface area contributed by atoms with E-state index in [1.165, 1.54) is 55.4 Å². The van der Waals surface area contributed by atoms with E-state index >= 15 is 0 Å². The molecule has 0 spiro atoms. The standard InChI is InChI=1S/C23H32N2O6S/c1-4-5-6-7-8-9-10-18-11-17-13-25(23(28)24-22(17)32-18)21-12-19(30-16(3)27)20(31-21)14-29-15(2)26/h11,13,19-21H,4-10,12,14H2,1-3H3/t19-,20+,21+/m0/s1. The maximum absolute atomic E-state index is 12.7. The van der Waals surface area contributed by atoms with Crippen LogP contribution in [0.15, 0.2) is 17.1 Å². The lowest BCUT2D eigenvalue weighted by molar-refractivity contribution is -0.155. The quantitative estimate of drug-likeness (QED) is 0.364. The number of thiophene rings is 1. The number of nitrogens with zero attached hydrogens (tertiary/aromatic N) is 2. The summed E-state index contributed by atoms with van der Waals surface area (Å²) in [6, 6.07) is 2.09. The van der Waals surface area contributed by atoms with Gasteiger partial charge < -0.3 is 14.2 Å². The Morgan fingerprint density at radius 1 is 1.19 bits per heavy atom. The molecule has 3 heterocycles. The first kappa shape index (κ1) is 24.4. The summed E-state index contributed by atoms with van der Waals surface area (Å²) in [5.41, 5.74) is -0.412. The average Bonchev–Trinajstić information content (AvgIpc) is 3.30. The van der Waals surface area contributed by atoms with Crippen molar-refractivity contribution in [2.45, 2.75) is 90.6 Å². The maximum atomic E-state index is 12.7. The molecule has 176 valence electrons. The van der Waals surface area contributed by atoms with Gasteiger partial charge in [-0.2, -0.15) is 4.98 Å². The zero-order valence-corrected chi connectivity index (χ0v) is 19.8. The van der Waals surface area contributed by atoms with Crippen LogP contribution < -0.4 is 5.69 Å². The molecule has 1 fully saturated rings. The summed E-state index contributed by atoms with van der Waals surface area (Å²) in [5.74, 6) is -0.903. The molecule has 0 saturated carbocycles. The van der Waals surface area contributed by atoms with Gasteiger partial charge in [-0.15, -0.1) is 11.3 Å². The van der Waals surface area contributed by atoms with Gasteiger partial charge in [0.2, 0.25) is 0 Å². The van der Waals surface area contributed by atoms with Crippen LogP contribution in [-0.4, -0.2) is 40.3 Å². The van der Waals surface area contributed by atoms with Crippen molar-refractivity contribution in [3.8, 4) is 0 Å². The zero-order chi connectivity index (χ0) is 23.1. The van der Waals surface area contributed by atoms with Gasteiger partial charge in [-0.3, -0.25) is 14.2 Å². The van der Waals surface area contributed by atoms with Crippen molar-refractivity contribution in [3.05, 3.63) is 27.6 Å². The fraction of sp³-hybridized carbons (Fsp3) is 0.652. The molecule has 0 amide bonds. The molecule has 8 nitrogen and oxygen atoms in total. The normalized spacial score (nSPS) is 20.5. The third-order valence-corrected chi connectivity index (χ3v) is 6.63. The summed E-state index contributed by atoms with van der Waals surface area (Å²) in [5, 5.41) is 0.895. The van der Waals surface area contributed by atoms with Crippen molar-refractivity contribution in [2.24, 2.45) is 0 Å². The van der Waals surface area contributed by atoms with Crippen LogP contribution in [-0.2, 0) is 30.2 Å². The highest BCUT2D eigenvalue weighted by Crippen LogP contribution is 2.32. The predicted molar refractivity (Wildman–Crippen MR) is 122 cm³/mol. The fourth-order valence-electron chi connectivity index (χ4n) is 3.94. The first-order chi connectivity index (χ1) is 15.4. The molecule has 0 bridgehead atoms. The molecular formula is C23H32N2O6S. The van der Waals surface area contributed by atoms with Crippen LogP contribution in [0.2, 0.25) is 0 Å². The third-order valence-electron chi connectivity index (χ3n) is 5.52. The van der Waals surface area contributed by atoms with Gasteiger partial charge >= 0.3 is 17.6 Å². The van der Waals surface area contributed by atoms with Crippen molar-refractivity contribution >= 4 is 33.5 Å². The number of carbonyl (C=O) groups is 2. The number of rotatable bonds is 11. The number of ether oxygens (including phenoxy) is 3. The summed E-state index contributed by atoms with van der Waals surface area (Å²) >= 11 is 1.56. The van der Waals surface area contributed by atoms with Gasteiger partial charge in [0.15, 0.2) is 0 Å². The van der Waals surface area contributed by atoms with E-state index in [9.17, 15) is 14.4 Å². The predicted octanol–water partition coefficient (Wildman–Crippen LogP) is 4.14. The van der Waals surface area contributed by atoms with Crippen LogP contribution in [0.5, 0.6) is 0 Å². The van der Waals surface area contributed by atoms with Crippen LogP contribution in [0.25, 0.3) is 10.2 Å². The smallest absolute Gasteiger partial charge is 0.351 e. The van der Waals surface area contributed by atoms with E-state index in [0.29, 0.717) is 0 Å². The number of esters is 2. The van der Waals surface area contributed by atoms with Crippen LogP contribution in [0.1, 0.15) is 76.8 Å². The molecule has 2 aromatic heterocycles. The molecule has 0 aromatic carbocycles. The van der Waals surface area contributed by atoms with E-state index in [-0.39, 0.29) is 13.0 Å². The first-order valence-corrected chi connectivity index (χ1v) is 12.2. The van der Waals surface area contributed by atoms with Crippen molar-refractivity contribution in [1.82, 2.24) is 9.55 Å². The number of carbonyl (C=O) groups excluding carboxylic acids is 2. The van der Waals surface area contributed by atoms with Crippen molar-refractivity contribution in [2.75, 3.05) is 6.61 Å². The highest BCUT2D eigenvalue weighted by atomic mass is 32.1. The molecule has 0 unspecified atom stereocenters. The lowest BCUT2D eigenvalue weighted by Crippen LogP contribution is -2.31. The number of hydrogen-bond acceptors (Lipinski definition) is 8. The molecule has 9 heteroatoms. The van der Waals surface area contributed by atoms with Gasteiger partial charge in [-0.1, -0.05) is 39.0 Å². The molecule has 1 saturated heterocycles. The van der Waals surface area contributed by atoms with E-state index in [0.717, 1.165) is 23.1 Å². The monoisotopic (exact) mass is 464 g/mol. The van der Waals surface area contributed by atoms with Gasteiger partial charge in [0.05, 0.1) is 0 Å². The molecule has 3 rings (SSSR count). The average molecular weight is 465 g/mol. The van der Waals surface area contributed by atoms with E-state index in [2.05, 4.69) is 18.0 Å². The van der Waals surface area contributed by atoms with E-state index in [1.54, 1.807) is 17.5 Å². The summed E-state index contributed by atoms with van der Waals surface area (Å²) in [6.45, 7) is 4.78. The van der Waals surface area contributed by atoms with Crippen molar-refractivity contribution in [1.29, 1.82) is 0 Å². The third kappa shape index (κ3) is 6.62.